The second-order valence-corrected chi connectivity index (χ2v) is 3.69. The lowest BCUT2D eigenvalue weighted by Gasteiger charge is -1.93. The van der Waals surface area contributed by atoms with E-state index in [1.165, 1.54) is 5.56 Å². The summed E-state index contributed by atoms with van der Waals surface area (Å²) in [5, 5.41) is 3.69. The molecular weight excluding hydrogens is 224 g/mol. The Morgan fingerprint density at radius 3 is 2.62 bits per heavy atom. The third-order valence-electron chi connectivity index (χ3n) is 2.10. The van der Waals surface area contributed by atoms with Crippen molar-refractivity contribution in [1.29, 1.82) is 0 Å². The number of aromatic nitrogens is 2. The molecule has 0 fully saturated rings. The average molecular weight is 235 g/mol. The van der Waals surface area contributed by atoms with Gasteiger partial charge in [0.05, 0.1) is 5.88 Å². The van der Waals surface area contributed by atoms with E-state index in [1.54, 1.807) is 6.08 Å². The SMILES string of the molecule is Cc1ccc(/C=C/c2nc(CCl)no2)cc1. The highest BCUT2D eigenvalue weighted by Gasteiger charge is 2.00. The summed E-state index contributed by atoms with van der Waals surface area (Å²) in [6.45, 7) is 2.05. The van der Waals surface area contributed by atoms with Crippen molar-refractivity contribution in [2.45, 2.75) is 12.8 Å². The number of nitrogens with zero attached hydrogens (tertiary/aromatic N) is 2. The van der Waals surface area contributed by atoms with Crippen molar-refractivity contribution >= 4 is 23.8 Å². The van der Waals surface area contributed by atoms with Gasteiger partial charge in [0.15, 0.2) is 5.82 Å². The number of halogens is 1. The van der Waals surface area contributed by atoms with E-state index in [9.17, 15) is 0 Å². The third-order valence-corrected chi connectivity index (χ3v) is 2.34. The molecule has 0 saturated heterocycles. The maximum Gasteiger partial charge on any atom is 0.250 e. The van der Waals surface area contributed by atoms with Crippen LogP contribution in [0, 0.1) is 6.92 Å². The minimum atomic E-state index is 0.266. The molecule has 4 heteroatoms. The van der Waals surface area contributed by atoms with Gasteiger partial charge < -0.3 is 4.52 Å². The summed E-state index contributed by atoms with van der Waals surface area (Å²) in [6, 6.07) is 8.17. The first kappa shape index (κ1) is 10.9. The topological polar surface area (TPSA) is 38.9 Å². The van der Waals surface area contributed by atoms with Gasteiger partial charge in [-0.15, -0.1) is 11.6 Å². The first-order valence-corrected chi connectivity index (χ1v) is 5.44. The molecule has 1 heterocycles. The van der Waals surface area contributed by atoms with Crippen LogP contribution in [0.1, 0.15) is 22.8 Å². The first-order chi connectivity index (χ1) is 7.78. The Kier molecular flexibility index (Phi) is 3.37. The van der Waals surface area contributed by atoms with E-state index < -0.39 is 0 Å². The molecule has 0 unspecified atom stereocenters. The lowest BCUT2D eigenvalue weighted by Crippen LogP contribution is -1.79. The summed E-state index contributed by atoms with van der Waals surface area (Å²) in [5.41, 5.74) is 2.33. The van der Waals surface area contributed by atoms with Gasteiger partial charge in [-0.3, -0.25) is 0 Å². The predicted molar refractivity (Wildman–Crippen MR) is 64.0 cm³/mol. The van der Waals surface area contributed by atoms with E-state index in [0.717, 1.165) is 5.56 Å². The molecule has 1 aromatic heterocycles. The molecule has 0 radical (unpaired) electrons. The van der Waals surface area contributed by atoms with Crippen LogP contribution in [0.4, 0.5) is 0 Å². The lowest BCUT2D eigenvalue weighted by atomic mass is 10.1. The lowest BCUT2D eigenvalue weighted by molar-refractivity contribution is 0.405. The number of alkyl halides is 1. The average Bonchev–Trinajstić information content (AvgIpc) is 2.76. The fourth-order valence-corrected chi connectivity index (χ4v) is 1.34. The van der Waals surface area contributed by atoms with Gasteiger partial charge in [-0.1, -0.05) is 35.0 Å². The Balaban J connectivity index is 2.11. The smallest absolute Gasteiger partial charge is 0.250 e. The van der Waals surface area contributed by atoms with Crippen molar-refractivity contribution in [3.63, 3.8) is 0 Å². The number of hydrogen-bond acceptors (Lipinski definition) is 3. The summed E-state index contributed by atoms with van der Waals surface area (Å²) < 4.78 is 4.97. The number of benzene rings is 1. The third kappa shape index (κ3) is 2.70. The molecular formula is C12H11ClN2O. The fourth-order valence-electron chi connectivity index (χ4n) is 1.23. The molecule has 0 N–H and O–H groups in total. The van der Waals surface area contributed by atoms with Crippen LogP contribution < -0.4 is 0 Å². The minimum absolute atomic E-state index is 0.266. The fraction of sp³-hybridized carbons (Fsp3) is 0.167. The summed E-state index contributed by atoms with van der Waals surface area (Å²) in [6.07, 6.45) is 3.69. The Hall–Kier alpha value is -1.61. The molecule has 82 valence electrons. The van der Waals surface area contributed by atoms with Crippen LogP contribution in [-0.2, 0) is 5.88 Å². The van der Waals surface area contributed by atoms with Gasteiger partial charge in [0.25, 0.3) is 5.89 Å². The summed E-state index contributed by atoms with van der Waals surface area (Å²) in [5.74, 6) is 1.24. The molecule has 0 atom stereocenters. The van der Waals surface area contributed by atoms with Gasteiger partial charge in [-0.05, 0) is 18.6 Å². The zero-order chi connectivity index (χ0) is 11.4. The maximum absolute atomic E-state index is 5.57. The Morgan fingerprint density at radius 2 is 2.00 bits per heavy atom. The second-order valence-electron chi connectivity index (χ2n) is 3.43. The van der Waals surface area contributed by atoms with Crippen LogP contribution in [-0.4, -0.2) is 10.1 Å². The summed E-state index contributed by atoms with van der Waals surface area (Å²) >= 11 is 5.57. The van der Waals surface area contributed by atoms with Crippen molar-refractivity contribution < 1.29 is 4.52 Å². The highest BCUT2D eigenvalue weighted by Crippen LogP contribution is 2.08. The molecule has 0 aliphatic rings. The molecule has 3 nitrogen and oxygen atoms in total. The zero-order valence-electron chi connectivity index (χ0n) is 8.85. The van der Waals surface area contributed by atoms with Gasteiger partial charge in [0, 0.05) is 6.08 Å². The molecule has 2 rings (SSSR count). The predicted octanol–water partition coefficient (Wildman–Crippen LogP) is 3.29. The van der Waals surface area contributed by atoms with Crippen LogP contribution in [0.2, 0.25) is 0 Å². The zero-order valence-corrected chi connectivity index (χ0v) is 9.61. The molecule has 0 saturated carbocycles. The van der Waals surface area contributed by atoms with Crippen LogP contribution in [0.15, 0.2) is 28.8 Å². The van der Waals surface area contributed by atoms with Gasteiger partial charge in [-0.2, -0.15) is 4.98 Å². The second kappa shape index (κ2) is 4.94. The van der Waals surface area contributed by atoms with Crippen molar-refractivity contribution in [2.24, 2.45) is 0 Å². The van der Waals surface area contributed by atoms with Crippen molar-refractivity contribution in [1.82, 2.24) is 10.1 Å². The molecule has 2 aromatic rings. The van der Waals surface area contributed by atoms with Gasteiger partial charge in [0.2, 0.25) is 0 Å². The number of hydrogen-bond donors (Lipinski definition) is 0. The van der Waals surface area contributed by atoms with Crippen molar-refractivity contribution in [3.8, 4) is 0 Å². The quantitative estimate of drug-likeness (QED) is 0.765. The van der Waals surface area contributed by atoms with Crippen molar-refractivity contribution in [2.75, 3.05) is 0 Å². The molecule has 1 aromatic carbocycles. The first-order valence-electron chi connectivity index (χ1n) is 4.91. The number of rotatable bonds is 3. The maximum atomic E-state index is 5.57. The molecule has 0 aliphatic carbocycles. The van der Waals surface area contributed by atoms with Gasteiger partial charge in [-0.25, -0.2) is 0 Å². The largest absolute Gasteiger partial charge is 0.335 e. The molecule has 0 amide bonds. The van der Waals surface area contributed by atoms with Gasteiger partial charge in [0.1, 0.15) is 0 Å². The minimum Gasteiger partial charge on any atom is -0.335 e. The Labute approximate surface area is 98.7 Å². The van der Waals surface area contributed by atoms with Crippen LogP contribution >= 0.6 is 11.6 Å². The standard InChI is InChI=1S/C12H11ClN2O/c1-9-2-4-10(5-3-9)6-7-12-14-11(8-13)15-16-12/h2-7H,8H2,1H3/b7-6+. The van der Waals surface area contributed by atoms with E-state index >= 15 is 0 Å². The van der Waals surface area contributed by atoms with Crippen LogP contribution in [0.25, 0.3) is 12.2 Å². The molecule has 0 aliphatic heterocycles. The Morgan fingerprint density at radius 1 is 1.25 bits per heavy atom. The molecule has 0 bridgehead atoms. The van der Waals surface area contributed by atoms with E-state index in [2.05, 4.69) is 29.2 Å². The molecule has 0 spiro atoms. The highest BCUT2D eigenvalue weighted by molar-refractivity contribution is 6.16. The monoisotopic (exact) mass is 234 g/mol. The summed E-state index contributed by atoms with van der Waals surface area (Å²) in [7, 11) is 0. The van der Waals surface area contributed by atoms with Gasteiger partial charge >= 0.3 is 0 Å². The van der Waals surface area contributed by atoms with E-state index in [0.29, 0.717) is 11.7 Å². The normalized spacial score (nSPS) is 11.1. The number of aryl methyl sites for hydroxylation is 1. The van der Waals surface area contributed by atoms with Crippen LogP contribution in [0.3, 0.4) is 0 Å². The molecule has 16 heavy (non-hydrogen) atoms. The highest BCUT2D eigenvalue weighted by atomic mass is 35.5. The Bertz CT molecular complexity index is 488. The van der Waals surface area contributed by atoms with E-state index in [1.807, 2.05) is 18.2 Å². The van der Waals surface area contributed by atoms with Crippen LogP contribution in [0.5, 0.6) is 0 Å². The van der Waals surface area contributed by atoms with Crippen molar-refractivity contribution in [3.05, 3.63) is 47.1 Å². The van der Waals surface area contributed by atoms with E-state index in [-0.39, 0.29) is 5.88 Å². The summed E-state index contributed by atoms with van der Waals surface area (Å²) in [4.78, 5) is 4.06. The van der Waals surface area contributed by atoms with E-state index in [4.69, 9.17) is 16.1 Å².